The monoisotopic (exact) mass is 749 g/mol. The van der Waals surface area contributed by atoms with Crippen molar-refractivity contribution in [3.63, 3.8) is 0 Å². The first-order chi connectivity index (χ1) is 26.1. The number of piperidine rings is 1. The van der Waals surface area contributed by atoms with Crippen molar-refractivity contribution in [2.24, 2.45) is 11.8 Å². The van der Waals surface area contributed by atoms with E-state index in [2.05, 4.69) is 25.8 Å². The van der Waals surface area contributed by atoms with Crippen LogP contribution in [-0.2, 0) is 9.59 Å². The number of likely N-dealkylation sites (tertiary alicyclic amines) is 1. The molecule has 1 unspecified atom stereocenters. The SMILES string of the molecule is COc1cc2nc([C@H]3CC[C@H](CN4CC(CCNc5cccc6c5C(=O)N(C5CCC(=O)NC5=O)C6=O)C4)CC3)sc2cc1NC(=O)c1cccc(C)n1. The number of nitrogens with zero attached hydrogens (tertiary/aromatic N) is 4. The summed E-state index contributed by atoms with van der Waals surface area (Å²) in [4.78, 5) is 76.4. The van der Waals surface area contributed by atoms with Crippen molar-refractivity contribution in [2.45, 2.75) is 63.8 Å². The number of nitrogens with one attached hydrogen (secondary N) is 3. The molecular formula is C40H43N7O6S. The summed E-state index contributed by atoms with van der Waals surface area (Å²) in [5.41, 5.74) is 3.81. The number of imide groups is 2. The van der Waals surface area contributed by atoms with E-state index in [1.807, 2.05) is 31.2 Å². The number of carbonyl (C=O) groups is 5. The second-order valence-electron chi connectivity index (χ2n) is 14.9. The van der Waals surface area contributed by atoms with Crippen LogP contribution >= 0.6 is 11.3 Å². The molecule has 14 heteroatoms. The largest absolute Gasteiger partial charge is 0.494 e. The van der Waals surface area contributed by atoms with Gasteiger partial charge >= 0.3 is 0 Å². The van der Waals surface area contributed by atoms with Gasteiger partial charge in [0.15, 0.2) is 0 Å². The maximum Gasteiger partial charge on any atom is 0.274 e. The molecule has 0 spiro atoms. The summed E-state index contributed by atoms with van der Waals surface area (Å²) < 4.78 is 6.63. The van der Waals surface area contributed by atoms with Gasteiger partial charge in [0.1, 0.15) is 17.5 Å². The lowest BCUT2D eigenvalue weighted by molar-refractivity contribution is -0.136. The van der Waals surface area contributed by atoms with Gasteiger partial charge < -0.3 is 20.3 Å². The van der Waals surface area contributed by atoms with Crippen LogP contribution in [0.1, 0.15) is 92.8 Å². The molecule has 0 radical (unpaired) electrons. The molecule has 1 saturated carbocycles. The van der Waals surface area contributed by atoms with Gasteiger partial charge in [-0.2, -0.15) is 0 Å². The predicted molar refractivity (Wildman–Crippen MR) is 204 cm³/mol. The molecule has 2 saturated heterocycles. The lowest BCUT2D eigenvalue weighted by Gasteiger charge is -2.42. The van der Waals surface area contributed by atoms with Gasteiger partial charge in [-0.1, -0.05) is 12.1 Å². The molecule has 5 amide bonds. The van der Waals surface area contributed by atoms with E-state index in [0.29, 0.717) is 52.7 Å². The first-order valence-electron chi connectivity index (χ1n) is 18.7. The van der Waals surface area contributed by atoms with Crippen LogP contribution in [0.2, 0.25) is 0 Å². The normalized spacial score (nSPS) is 21.9. The molecular weight excluding hydrogens is 707 g/mol. The number of ether oxygens (including phenoxy) is 1. The van der Waals surface area contributed by atoms with Crippen molar-refractivity contribution in [3.8, 4) is 5.75 Å². The Morgan fingerprint density at radius 1 is 0.944 bits per heavy atom. The minimum absolute atomic E-state index is 0.0917. The fraction of sp³-hybridized carbons (Fsp3) is 0.425. The van der Waals surface area contributed by atoms with E-state index in [1.54, 1.807) is 42.7 Å². The summed E-state index contributed by atoms with van der Waals surface area (Å²) in [5, 5.41) is 9.74. The summed E-state index contributed by atoms with van der Waals surface area (Å²) in [6.07, 6.45) is 5.72. The Kier molecular flexibility index (Phi) is 9.88. The molecule has 4 aliphatic rings. The molecule has 280 valence electrons. The fourth-order valence-corrected chi connectivity index (χ4v) is 9.47. The zero-order valence-corrected chi connectivity index (χ0v) is 31.2. The van der Waals surface area contributed by atoms with Gasteiger partial charge in [-0.15, -0.1) is 11.3 Å². The number of amides is 5. The van der Waals surface area contributed by atoms with E-state index < -0.39 is 29.7 Å². The summed E-state index contributed by atoms with van der Waals surface area (Å²) in [6, 6.07) is 13.4. The van der Waals surface area contributed by atoms with Crippen molar-refractivity contribution in [3.05, 3.63) is 76.1 Å². The Hall–Kier alpha value is -5.21. The van der Waals surface area contributed by atoms with E-state index in [4.69, 9.17) is 9.72 Å². The fourth-order valence-electron chi connectivity index (χ4n) is 8.31. The number of rotatable bonds is 11. The third-order valence-electron chi connectivity index (χ3n) is 11.2. The molecule has 13 nitrogen and oxygen atoms in total. The smallest absolute Gasteiger partial charge is 0.274 e. The third kappa shape index (κ3) is 7.07. The molecule has 1 aliphatic carbocycles. The molecule has 3 fully saturated rings. The molecule has 1 atom stereocenters. The molecule has 5 heterocycles. The molecule has 8 rings (SSSR count). The molecule has 4 aromatic rings. The molecule has 3 N–H and O–H groups in total. The standard InChI is InChI=1S/C40H43N7O6S/c1-22-5-3-8-28(42-22)36(49)43-29-18-33-30(17-32(29)53-2)44-38(54-33)25-11-9-23(10-12-25)19-46-20-24(21-46)15-16-41-27-7-4-6-26-35(27)40(52)47(39(26)51)31-13-14-34(48)45-37(31)50/h3-8,17-18,23-25,31,41H,9-16,19-21H2,1-2H3,(H,43,49)(H,45,48,50)/t23-,25-,31?. The van der Waals surface area contributed by atoms with Crippen LogP contribution in [0.5, 0.6) is 5.75 Å². The summed E-state index contributed by atoms with van der Waals surface area (Å²) in [7, 11) is 1.59. The number of benzene rings is 2. The van der Waals surface area contributed by atoms with Gasteiger partial charge in [0.25, 0.3) is 17.7 Å². The van der Waals surface area contributed by atoms with Crippen LogP contribution in [0.15, 0.2) is 48.5 Å². The number of aromatic nitrogens is 2. The highest BCUT2D eigenvalue weighted by Gasteiger charge is 2.45. The second kappa shape index (κ2) is 14.9. The number of thiazole rings is 1. The summed E-state index contributed by atoms with van der Waals surface area (Å²) in [6.45, 7) is 5.73. The van der Waals surface area contributed by atoms with E-state index in [-0.39, 0.29) is 24.3 Å². The minimum Gasteiger partial charge on any atom is -0.494 e. The topological polar surface area (TPSA) is 163 Å². The zero-order valence-electron chi connectivity index (χ0n) is 30.4. The summed E-state index contributed by atoms with van der Waals surface area (Å²) in [5.74, 6) is -0.0513. The van der Waals surface area contributed by atoms with Crippen molar-refractivity contribution in [2.75, 3.05) is 43.9 Å². The van der Waals surface area contributed by atoms with Crippen LogP contribution in [0, 0.1) is 18.8 Å². The average Bonchev–Trinajstić information content (AvgIpc) is 3.68. The maximum atomic E-state index is 13.4. The first kappa shape index (κ1) is 35.8. The van der Waals surface area contributed by atoms with Crippen molar-refractivity contribution >= 4 is 62.5 Å². The minimum atomic E-state index is -0.977. The number of methoxy groups -OCH3 is 1. The van der Waals surface area contributed by atoms with Crippen molar-refractivity contribution in [1.29, 1.82) is 0 Å². The van der Waals surface area contributed by atoms with Gasteiger partial charge in [0.2, 0.25) is 11.8 Å². The Bertz CT molecular complexity index is 2160. The first-order valence-corrected chi connectivity index (χ1v) is 19.5. The number of aryl methyl sites for hydroxylation is 1. The van der Waals surface area contributed by atoms with E-state index in [9.17, 15) is 24.0 Å². The molecule has 54 heavy (non-hydrogen) atoms. The highest BCUT2D eigenvalue weighted by Crippen LogP contribution is 2.42. The van der Waals surface area contributed by atoms with Crippen LogP contribution < -0.4 is 20.7 Å². The average molecular weight is 750 g/mol. The molecule has 0 bridgehead atoms. The highest BCUT2D eigenvalue weighted by molar-refractivity contribution is 7.18. The third-order valence-corrected chi connectivity index (χ3v) is 12.4. The van der Waals surface area contributed by atoms with Crippen molar-refractivity contribution < 1.29 is 28.7 Å². The van der Waals surface area contributed by atoms with Crippen LogP contribution in [-0.4, -0.2) is 88.6 Å². The van der Waals surface area contributed by atoms with Crippen LogP contribution in [0.25, 0.3) is 10.2 Å². The van der Waals surface area contributed by atoms with Gasteiger partial charge in [-0.3, -0.25) is 34.2 Å². The van der Waals surface area contributed by atoms with E-state index >= 15 is 0 Å². The number of pyridine rings is 1. The van der Waals surface area contributed by atoms with Gasteiger partial charge in [-0.25, -0.2) is 9.97 Å². The number of hydrogen-bond acceptors (Lipinski definition) is 11. The Morgan fingerprint density at radius 2 is 1.74 bits per heavy atom. The second-order valence-corrected chi connectivity index (χ2v) is 15.9. The molecule has 3 aliphatic heterocycles. The Morgan fingerprint density at radius 3 is 2.50 bits per heavy atom. The van der Waals surface area contributed by atoms with Crippen LogP contribution in [0.4, 0.5) is 11.4 Å². The highest BCUT2D eigenvalue weighted by atomic mass is 32.1. The quantitative estimate of drug-likeness (QED) is 0.170. The maximum absolute atomic E-state index is 13.4. The van der Waals surface area contributed by atoms with E-state index in [1.165, 1.54) is 12.8 Å². The number of fused-ring (bicyclic) bond motifs is 2. The van der Waals surface area contributed by atoms with Crippen molar-refractivity contribution in [1.82, 2.24) is 25.1 Å². The lowest BCUT2D eigenvalue weighted by Crippen LogP contribution is -2.54. The molecule has 2 aromatic heterocycles. The van der Waals surface area contributed by atoms with Gasteiger partial charge in [-0.05, 0) is 87.6 Å². The number of hydrogen-bond donors (Lipinski definition) is 3. The van der Waals surface area contributed by atoms with E-state index in [0.717, 1.165) is 64.7 Å². The molecule has 2 aromatic carbocycles. The van der Waals surface area contributed by atoms with Gasteiger partial charge in [0.05, 0.1) is 39.1 Å². The number of carbonyl (C=O) groups excluding carboxylic acids is 5. The summed E-state index contributed by atoms with van der Waals surface area (Å²) >= 11 is 1.70. The lowest BCUT2D eigenvalue weighted by atomic mass is 9.81. The predicted octanol–water partition coefficient (Wildman–Crippen LogP) is 5.37. The van der Waals surface area contributed by atoms with Crippen LogP contribution in [0.3, 0.4) is 0 Å². The Balaban J connectivity index is 0.793. The van der Waals surface area contributed by atoms with Gasteiger partial charge in [0, 0.05) is 56.0 Å². The Labute approximate surface area is 316 Å². The number of anilines is 2. The zero-order chi connectivity index (χ0) is 37.5.